The Morgan fingerprint density at radius 2 is 2.27 bits per heavy atom. The number of rotatable bonds is 3. The Kier molecular flexibility index (Phi) is 2.46. The zero-order valence-electron chi connectivity index (χ0n) is 8.83. The SMILES string of the molecule is CCc1[nH]c2cc(OC)ccc2c1C=O. The molecule has 1 N–H and O–H groups in total. The molecule has 0 radical (unpaired) electrons. The Morgan fingerprint density at radius 3 is 2.87 bits per heavy atom. The van der Waals surface area contributed by atoms with Crippen LogP contribution in [0.3, 0.4) is 0 Å². The zero-order valence-corrected chi connectivity index (χ0v) is 8.83. The molecule has 1 aromatic heterocycles. The van der Waals surface area contributed by atoms with E-state index in [1.165, 1.54) is 0 Å². The van der Waals surface area contributed by atoms with Crippen molar-refractivity contribution in [2.45, 2.75) is 13.3 Å². The van der Waals surface area contributed by atoms with Crippen molar-refractivity contribution in [1.29, 1.82) is 0 Å². The summed E-state index contributed by atoms with van der Waals surface area (Å²) in [5.41, 5.74) is 2.69. The van der Waals surface area contributed by atoms with Crippen LogP contribution in [0.5, 0.6) is 5.75 Å². The molecule has 0 spiro atoms. The first-order valence-corrected chi connectivity index (χ1v) is 4.94. The van der Waals surface area contributed by atoms with E-state index in [-0.39, 0.29) is 0 Å². The van der Waals surface area contributed by atoms with Crippen molar-refractivity contribution >= 4 is 17.2 Å². The Morgan fingerprint density at radius 1 is 1.47 bits per heavy atom. The second kappa shape index (κ2) is 3.77. The molecule has 2 rings (SSSR count). The number of nitrogens with one attached hydrogen (secondary N) is 1. The van der Waals surface area contributed by atoms with Crippen molar-refractivity contribution in [2.24, 2.45) is 0 Å². The normalized spacial score (nSPS) is 10.5. The fraction of sp³-hybridized carbons (Fsp3) is 0.250. The van der Waals surface area contributed by atoms with Gasteiger partial charge in [-0.3, -0.25) is 4.79 Å². The topological polar surface area (TPSA) is 42.1 Å². The van der Waals surface area contributed by atoms with E-state index in [4.69, 9.17) is 4.74 Å². The maximum absolute atomic E-state index is 11.0. The van der Waals surface area contributed by atoms with E-state index < -0.39 is 0 Å². The van der Waals surface area contributed by atoms with Gasteiger partial charge in [-0.25, -0.2) is 0 Å². The maximum Gasteiger partial charge on any atom is 0.152 e. The number of carbonyl (C=O) groups is 1. The monoisotopic (exact) mass is 203 g/mol. The van der Waals surface area contributed by atoms with E-state index in [1.54, 1.807) is 7.11 Å². The molecule has 1 heterocycles. The molecule has 2 aromatic rings. The van der Waals surface area contributed by atoms with E-state index in [1.807, 2.05) is 25.1 Å². The van der Waals surface area contributed by atoms with E-state index in [2.05, 4.69) is 4.98 Å². The summed E-state index contributed by atoms with van der Waals surface area (Å²) < 4.78 is 5.13. The number of hydrogen-bond acceptors (Lipinski definition) is 2. The van der Waals surface area contributed by atoms with Crippen LogP contribution in [0.15, 0.2) is 18.2 Å². The van der Waals surface area contributed by atoms with Crippen molar-refractivity contribution in [2.75, 3.05) is 7.11 Å². The number of methoxy groups -OCH3 is 1. The van der Waals surface area contributed by atoms with Gasteiger partial charge >= 0.3 is 0 Å². The molecule has 0 bridgehead atoms. The molecule has 15 heavy (non-hydrogen) atoms. The summed E-state index contributed by atoms with van der Waals surface area (Å²) in [6, 6.07) is 5.68. The van der Waals surface area contributed by atoms with Gasteiger partial charge in [0.1, 0.15) is 5.75 Å². The maximum atomic E-state index is 11.0. The fourth-order valence-corrected chi connectivity index (χ4v) is 1.79. The van der Waals surface area contributed by atoms with Gasteiger partial charge in [0, 0.05) is 22.7 Å². The molecule has 0 atom stereocenters. The Balaban J connectivity index is 2.70. The summed E-state index contributed by atoms with van der Waals surface area (Å²) in [5, 5.41) is 0.961. The van der Waals surface area contributed by atoms with Gasteiger partial charge in [0.15, 0.2) is 6.29 Å². The predicted molar refractivity (Wildman–Crippen MR) is 59.6 cm³/mol. The molecular formula is C12H13NO2. The van der Waals surface area contributed by atoms with Gasteiger partial charge in [0.2, 0.25) is 0 Å². The third kappa shape index (κ3) is 1.50. The highest BCUT2D eigenvalue weighted by Gasteiger charge is 2.09. The summed E-state index contributed by atoms with van der Waals surface area (Å²) >= 11 is 0. The summed E-state index contributed by atoms with van der Waals surface area (Å²) in [5.74, 6) is 0.795. The molecule has 3 nitrogen and oxygen atoms in total. The third-order valence-corrected chi connectivity index (χ3v) is 2.60. The number of aldehydes is 1. The van der Waals surface area contributed by atoms with Crippen LogP contribution in [-0.4, -0.2) is 18.4 Å². The van der Waals surface area contributed by atoms with Gasteiger partial charge in [-0.05, 0) is 18.6 Å². The number of carbonyl (C=O) groups excluding carboxylic acids is 1. The summed E-state index contributed by atoms with van der Waals surface area (Å²) in [7, 11) is 1.63. The zero-order chi connectivity index (χ0) is 10.8. The Bertz CT molecular complexity index is 500. The summed E-state index contributed by atoms with van der Waals surface area (Å²) in [6.45, 7) is 2.02. The van der Waals surface area contributed by atoms with Crippen molar-refractivity contribution < 1.29 is 9.53 Å². The van der Waals surface area contributed by atoms with Gasteiger partial charge in [-0.2, -0.15) is 0 Å². The van der Waals surface area contributed by atoms with Gasteiger partial charge < -0.3 is 9.72 Å². The summed E-state index contributed by atoms with van der Waals surface area (Å²) in [6.07, 6.45) is 1.73. The van der Waals surface area contributed by atoms with E-state index in [0.29, 0.717) is 0 Å². The molecule has 0 aliphatic heterocycles. The molecule has 1 aromatic carbocycles. The number of hydrogen-bond donors (Lipinski definition) is 1. The van der Waals surface area contributed by atoms with Crippen LogP contribution < -0.4 is 4.74 Å². The number of fused-ring (bicyclic) bond motifs is 1. The second-order valence-corrected chi connectivity index (χ2v) is 3.40. The first-order valence-electron chi connectivity index (χ1n) is 4.94. The van der Waals surface area contributed by atoms with Crippen LogP contribution in [0.2, 0.25) is 0 Å². The van der Waals surface area contributed by atoms with Crippen LogP contribution in [0.4, 0.5) is 0 Å². The fourth-order valence-electron chi connectivity index (χ4n) is 1.79. The lowest BCUT2D eigenvalue weighted by Crippen LogP contribution is -1.85. The van der Waals surface area contributed by atoms with Crippen LogP contribution in [0, 0.1) is 0 Å². The average Bonchev–Trinajstić information content (AvgIpc) is 2.65. The number of aryl methyl sites for hydroxylation is 1. The minimum Gasteiger partial charge on any atom is -0.497 e. The highest BCUT2D eigenvalue weighted by Crippen LogP contribution is 2.25. The highest BCUT2D eigenvalue weighted by molar-refractivity contribution is 5.99. The molecular weight excluding hydrogens is 190 g/mol. The molecule has 0 saturated heterocycles. The molecule has 0 fully saturated rings. The van der Waals surface area contributed by atoms with Crippen molar-refractivity contribution in [3.8, 4) is 5.75 Å². The number of H-pyrrole nitrogens is 1. The second-order valence-electron chi connectivity index (χ2n) is 3.40. The number of aromatic amines is 1. The van der Waals surface area contributed by atoms with Crippen molar-refractivity contribution in [3.05, 3.63) is 29.5 Å². The molecule has 78 valence electrons. The average molecular weight is 203 g/mol. The molecule has 0 aliphatic carbocycles. The van der Waals surface area contributed by atoms with E-state index in [0.717, 1.165) is 40.6 Å². The van der Waals surface area contributed by atoms with Crippen molar-refractivity contribution in [3.63, 3.8) is 0 Å². The molecule has 0 saturated carbocycles. The summed E-state index contributed by atoms with van der Waals surface area (Å²) in [4.78, 5) is 14.2. The quantitative estimate of drug-likeness (QED) is 0.779. The van der Waals surface area contributed by atoms with Crippen LogP contribution in [0.1, 0.15) is 23.0 Å². The number of aromatic nitrogens is 1. The van der Waals surface area contributed by atoms with Gasteiger partial charge in [0.25, 0.3) is 0 Å². The first-order chi connectivity index (χ1) is 7.30. The lowest BCUT2D eigenvalue weighted by Gasteiger charge is -1.98. The number of benzene rings is 1. The standard InChI is InChI=1S/C12H13NO2/c1-3-11-10(7-14)9-5-4-8(15-2)6-12(9)13-11/h4-7,13H,3H2,1-2H3. The minimum absolute atomic E-state index is 0.759. The van der Waals surface area contributed by atoms with Gasteiger partial charge in [0.05, 0.1) is 12.6 Å². The number of ether oxygens (including phenoxy) is 1. The first kappa shape index (κ1) is 9.77. The molecule has 0 unspecified atom stereocenters. The van der Waals surface area contributed by atoms with Crippen LogP contribution >= 0.6 is 0 Å². The van der Waals surface area contributed by atoms with Gasteiger partial charge in [-0.15, -0.1) is 0 Å². The van der Waals surface area contributed by atoms with Gasteiger partial charge in [-0.1, -0.05) is 6.92 Å². The highest BCUT2D eigenvalue weighted by atomic mass is 16.5. The lowest BCUT2D eigenvalue weighted by molar-refractivity contribution is 0.112. The molecule has 0 aliphatic rings. The Labute approximate surface area is 88.1 Å². The third-order valence-electron chi connectivity index (χ3n) is 2.60. The van der Waals surface area contributed by atoms with E-state index >= 15 is 0 Å². The van der Waals surface area contributed by atoms with Crippen LogP contribution in [-0.2, 0) is 6.42 Å². The predicted octanol–water partition coefficient (Wildman–Crippen LogP) is 2.55. The van der Waals surface area contributed by atoms with Crippen molar-refractivity contribution in [1.82, 2.24) is 4.98 Å². The largest absolute Gasteiger partial charge is 0.497 e. The lowest BCUT2D eigenvalue weighted by atomic mass is 10.1. The van der Waals surface area contributed by atoms with Crippen LogP contribution in [0.25, 0.3) is 10.9 Å². The molecule has 0 amide bonds. The molecule has 3 heteroatoms. The smallest absolute Gasteiger partial charge is 0.152 e. The Hall–Kier alpha value is -1.77. The van der Waals surface area contributed by atoms with E-state index in [9.17, 15) is 4.79 Å². The minimum atomic E-state index is 0.759.